The molecule has 1 aromatic rings. The number of carbonyl (C=O) groups is 1. The average Bonchev–Trinajstić information content (AvgIpc) is 2.60. The van der Waals surface area contributed by atoms with Gasteiger partial charge in [-0.3, -0.25) is 13.9 Å². The normalized spacial score (nSPS) is 12.9. The number of carbonyl (C=O) groups excluding carboxylic acids is 1. The first-order valence-electron chi connectivity index (χ1n) is 8.68. The third kappa shape index (κ3) is 6.32. The van der Waals surface area contributed by atoms with Gasteiger partial charge in [-0.05, 0) is 37.5 Å². The van der Waals surface area contributed by atoms with E-state index in [1.54, 1.807) is 30.4 Å². The van der Waals surface area contributed by atoms with Gasteiger partial charge in [-0.25, -0.2) is 4.79 Å². The molecule has 2 N–H and O–H groups in total. The van der Waals surface area contributed by atoms with Gasteiger partial charge in [-0.15, -0.1) is 11.8 Å². The second-order valence-corrected chi connectivity index (χ2v) is 8.06. The highest BCUT2D eigenvalue weighted by Crippen LogP contribution is 2.21. The molecule has 0 amide bonds. The summed E-state index contributed by atoms with van der Waals surface area (Å²) in [6, 6.07) is 0. The summed E-state index contributed by atoms with van der Waals surface area (Å²) in [5, 5.41) is 0. The van der Waals surface area contributed by atoms with Gasteiger partial charge in [0.25, 0.3) is 0 Å². The number of rotatable bonds is 9. The Balaban J connectivity index is 2.65. The van der Waals surface area contributed by atoms with Crippen LogP contribution in [0, 0.1) is 10.6 Å². The summed E-state index contributed by atoms with van der Waals surface area (Å²) in [6.07, 6.45) is 4.12. The number of aromatic nitrogens is 2. The molecule has 0 aliphatic heterocycles. The van der Waals surface area contributed by atoms with Gasteiger partial charge >= 0.3 is 11.7 Å². The highest BCUT2D eigenvalue weighted by Gasteiger charge is 2.13. The summed E-state index contributed by atoms with van der Waals surface area (Å²) in [7, 11) is 3.36. The highest BCUT2D eigenvalue weighted by molar-refractivity contribution is 8.03. The highest BCUT2D eigenvalue weighted by atomic mass is 32.2. The van der Waals surface area contributed by atoms with Crippen molar-refractivity contribution in [1.82, 2.24) is 9.13 Å². The summed E-state index contributed by atoms with van der Waals surface area (Å²) in [6.45, 7) is 6.39. The van der Waals surface area contributed by atoms with Crippen molar-refractivity contribution in [2.45, 2.75) is 40.0 Å². The van der Waals surface area contributed by atoms with Crippen LogP contribution in [0.15, 0.2) is 15.8 Å². The number of thioether (sulfide) groups is 1. The fourth-order valence-electron chi connectivity index (χ4n) is 2.53. The Bertz CT molecular complexity index is 744. The summed E-state index contributed by atoms with van der Waals surface area (Å²) in [4.78, 5) is 24.7. The van der Waals surface area contributed by atoms with Crippen molar-refractivity contribution in [2.75, 3.05) is 18.1 Å². The van der Waals surface area contributed by atoms with Gasteiger partial charge in [0.15, 0.2) is 0 Å². The van der Waals surface area contributed by atoms with E-state index < -0.39 is 0 Å². The fraction of sp³-hybridized carbons (Fsp3) is 0.611. The molecule has 8 heteroatoms. The first kappa shape index (κ1) is 22.5. The molecule has 0 aliphatic carbocycles. The molecule has 1 heterocycles. The lowest BCUT2D eigenvalue weighted by Gasteiger charge is -2.17. The molecule has 0 fully saturated rings. The zero-order valence-electron chi connectivity index (χ0n) is 16.2. The predicted octanol–water partition coefficient (Wildman–Crippen LogP) is 3.19. The Morgan fingerprint density at radius 2 is 2.04 bits per heavy atom. The Kier molecular flexibility index (Phi) is 9.15. The van der Waals surface area contributed by atoms with Crippen molar-refractivity contribution < 1.29 is 9.53 Å². The van der Waals surface area contributed by atoms with Crippen LogP contribution in [-0.4, -0.2) is 27.5 Å². The lowest BCUT2D eigenvalue weighted by Crippen LogP contribution is -2.31. The monoisotopic (exact) mass is 399 g/mol. The lowest BCUT2D eigenvalue weighted by molar-refractivity contribution is -0.142. The number of nitrogens with two attached hydrogens (primary N) is 1. The Morgan fingerprint density at radius 3 is 2.65 bits per heavy atom. The quantitative estimate of drug-likeness (QED) is 0.507. The van der Waals surface area contributed by atoms with Gasteiger partial charge in [0.05, 0.1) is 18.7 Å². The smallest absolute Gasteiger partial charge is 0.328 e. The molecule has 6 nitrogen and oxygen atoms in total. The maximum atomic E-state index is 12.2. The van der Waals surface area contributed by atoms with E-state index in [9.17, 15) is 9.59 Å². The Morgan fingerprint density at radius 1 is 1.38 bits per heavy atom. The van der Waals surface area contributed by atoms with Gasteiger partial charge in [0.2, 0.25) is 0 Å². The van der Waals surface area contributed by atoms with E-state index in [2.05, 4.69) is 13.0 Å². The third-order valence-corrected chi connectivity index (χ3v) is 5.64. The Labute approximate surface area is 164 Å². The molecule has 146 valence electrons. The number of nitrogens with zero attached hydrogens (tertiary/aromatic N) is 2. The number of hydrogen-bond donors (Lipinski definition) is 1. The molecule has 1 aromatic heterocycles. The molecule has 0 spiro atoms. The largest absolute Gasteiger partial charge is 0.466 e. The molecule has 0 radical (unpaired) electrons. The minimum atomic E-state index is -0.160. The SMILES string of the molecule is CCOC(=O)CCS/C(C)=C\CC(C)Cc1c(N)c(=S)n(C)c(=O)n1C. The van der Waals surface area contributed by atoms with E-state index in [0.717, 1.165) is 12.1 Å². The number of esters is 1. The molecule has 1 unspecified atom stereocenters. The van der Waals surface area contributed by atoms with Gasteiger partial charge in [0.1, 0.15) is 4.64 Å². The first-order chi connectivity index (χ1) is 12.2. The van der Waals surface area contributed by atoms with Gasteiger partial charge < -0.3 is 10.5 Å². The topological polar surface area (TPSA) is 79.2 Å². The predicted molar refractivity (Wildman–Crippen MR) is 111 cm³/mol. The van der Waals surface area contributed by atoms with Crippen LogP contribution in [0.3, 0.4) is 0 Å². The summed E-state index contributed by atoms with van der Waals surface area (Å²) in [5.41, 5.74) is 7.25. The number of nitrogen functional groups attached to an aromatic ring is 1. The summed E-state index contributed by atoms with van der Waals surface area (Å²) in [5.74, 6) is 0.867. The van der Waals surface area contributed by atoms with E-state index in [4.69, 9.17) is 22.7 Å². The zero-order valence-corrected chi connectivity index (χ0v) is 17.8. The van der Waals surface area contributed by atoms with E-state index in [-0.39, 0.29) is 11.7 Å². The van der Waals surface area contributed by atoms with E-state index in [1.807, 2.05) is 13.8 Å². The minimum Gasteiger partial charge on any atom is -0.466 e. The van der Waals surface area contributed by atoms with Crippen molar-refractivity contribution in [2.24, 2.45) is 20.0 Å². The first-order valence-corrected chi connectivity index (χ1v) is 10.1. The molecular formula is C18H29N3O3S2. The maximum Gasteiger partial charge on any atom is 0.328 e. The van der Waals surface area contributed by atoms with Gasteiger partial charge in [-0.1, -0.05) is 25.2 Å². The molecule has 0 aromatic carbocycles. The second-order valence-electron chi connectivity index (χ2n) is 6.33. The summed E-state index contributed by atoms with van der Waals surface area (Å²) >= 11 is 6.90. The molecule has 26 heavy (non-hydrogen) atoms. The third-order valence-electron chi connectivity index (χ3n) is 4.12. The van der Waals surface area contributed by atoms with Crippen LogP contribution in [0.1, 0.15) is 39.3 Å². The number of anilines is 1. The van der Waals surface area contributed by atoms with Gasteiger partial charge in [-0.2, -0.15) is 0 Å². The molecule has 0 aliphatic rings. The van der Waals surface area contributed by atoms with Crippen molar-refractivity contribution >= 4 is 35.6 Å². The molecular weight excluding hydrogens is 370 g/mol. The van der Waals surface area contributed by atoms with Crippen LogP contribution in [0.25, 0.3) is 0 Å². The molecule has 0 bridgehead atoms. The number of allylic oxidation sites excluding steroid dienone is 2. The van der Waals surface area contributed by atoms with Crippen LogP contribution in [-0.2, 0) is 30.0 Å². The lowest BCUT2D eigenvalue weighted by atomic mass is 10.0. The molecule has 0 saturated heterocycles. The standard InChI is InChI=1S/C18H29N3O3S2/c1-6-24-15(22)9-10-26-13(3)8-7-12(2)11-14-16(19)17(25)21(5)18(23)20(14)4/h8,12H,6-7,9-11,19H2,1-5H3/b13-8-. The van der Waals surface area contributed by atoms with Crippen LogP contribution in [0.5, 0.6) is 0 Å². The van der Waals surface area contributed by atoms with Crippen molar-refractivity contribution in [3.8, 4) is 0 Å². The molecule has 1 atom stereocenters. The van der Waals surface area contributed by atoms with E-state index >= 15 is 0 Å². The second kappa shape index (κ2) is 10.6. The average molecular weight is 400 g/mol. The minimum absolute atomic E-state index is 0.158. The number of ether oxygens (including phenoxy) is 1. The number of hydrogen-bond acceptors (Lipinski definition) is 6. The zero-order chi connectivity index (χ0) is 19.9. The van der Waals surface area contributed by atoms with Crippen molar-refractivity contribution in [1.29, 1.82) is 0 Å². The molecule has 1 rings (SSSR count). The fourth-order valence-corrected chi connectivity index (χ4v) is 3.53. The Hall–Kier alpha value is -1.54. The van der Waals surface area contributed by atoms with Gasteiger partial charge in [0, 0.05) is 25.5 Å². The van der Waals surface area contributed by atoms with Crippen molar-refractivity contribution in [3.63, 3.8) is 0 Å². The van der Waals surface area contributed by atoms with E-state index in [1.165, 1.54) is 9.47 Å². The molecule has 0 saturated carbocycles. The van der Waals surface area contributed by atoms with Crippen LogP contribution >= 0.6 is 24.0 Å². The van der Waals surface area contributed by atoms with E-state index in [0.29, 0.717) is 41.4 Å². The summed E-state index contributed by atoms with van der Waals surface area (Å²) < 4.78 is 8.27. The maximum absolute atomic E-state index is 12.2. The van der Waals surface area contributed by atoms with Crippen LogP contribution < -0.4 is 11.4 Å². The van der Waals surface area contributed by atoms with Crippen molar-refractivity contribution in [3.05, 3.63) is 31.8 Å². The van der Waals surface area contributed by atoms with Crippen LogP contribution in [0.4, 0.5) is 5.69 Å². The van der Waals surface area contributed by atoms with Crippen LogP contribution in [0.2, 0.25) is 0 Å².